The molecule has 0 aromatic heterocycles. The SMILES string of the molecule is CCC(C)N(CC)Cc1ccc(C(=O)OC)cc1Br. The van der Waals surface area contributed by atoms with Crippen molar-refractivity contribution in [2.24, 2.45) is 0 Å². The molecule has 1 aromatic rings. The fourth-order valence-electron chi connectivity index (χ4n) is 1.98. The quantitative estimate of drug-likeness (QED) is 0.743. The van der Waals surface area contributed by atoms with Gasteiger partial charge in [-0.3, -0.25) is 4.90 Å². The lowest BCUT2D eigenvalue weighted by Crippen LogP contribution is -2.31. The van der Waals surface area contributed by atoms with Gasteiger partial charge < -0.3 is 4.74 Å². The van der Waals surface area contributed by atoms with E-state index in [-0.39, 0.29) is 5.97 Å². The van der Waals surface area contributed by atoms with E-state index in [9.17, 15) is 4.79 Å². The Hall–Kier alpha value is -0.870. The maximum atomic E-state index is 11.5. The van der Waals surface area contributed by atoms with E-state index >= 15 is 0 Å². The Bertz CT molecular complexity index is 434. The maximum Gasteiger partial charge on any atom is 0.337 e. The molecule has 0 radical (unpaired) electrons. The molecule has 4 heteroatoms. The van der Waals surface area contributed by atoms with Crippen LogP contribution in [-0.2, 0) is 11.3 Å². The summed E-state index contributed by atoms with van der Waals surface area (Å²) >= 11 is 3.54. The van der Waals surface area contributed by atoms with Crippen molar-refractivity contribution in [1.29, 1.82) is 0 Å². The van der Waals surface area contributed by atoms with Crippen molar-refractivity contribution < 1.29 is 9.53 Å². The van der Waals surface area contributed by atoms with Crippen LogP contribution in [0, 0.1) is 0 Å². The van der Waals surface area contributed by atoms with E-state index in [1.54, 1.807) is 0 Å². The number of nitrogens with zero attached hydrogens (tertiary/aromatic N) is 1. The highest BCUT2D eigenvalue weighted by Crippen LogP contribution is 2.22. The van der Waals surface area contributed by atoms with Crippen LogP contribution in [0.15, 0.2) is 22.7 Å². The third-order valence-corrected chi connectivity index (χ3v) is 4.21. The molecule has 0 aliphatic carbocycles. The van der Waals surface area contributed by atoms with Gasteiger partial charge in [0, 0.05) is 17.1 Å². The molecule has 0 fully saturated rings. The fraction of sp³-hybridized carbons (Fsp3) is 0.533. The minimum Gasteiger partial charge on any atom is -0.465 e. The van der Waals surface area contributed by atoms with Crippen LogP contribution in [0.3, 0.4) is 0 Å². The second-order valence-electron chi connectivity index (χ2n) is 4.62. The van der Waals surface area contributed by atoms with Crippen LogP contribution in [0.4, 0.5) is 0 Å². The Balaban J connectivity index is 2.87. The lowest BCUT2D eigenvalue weighted by molar-refractivity contribution is 0.0600. The number of ether oxygens (including phenoxy) is 1. The number of carbonyl (C=O) groups is 1. The smallest absolute Gasteiger partial charge is 0.337 e. The molecule has 0 spiro atoms. The van der Waals surface area contributed by atoms with Crippen LogP contribution in [0.5, 0.6) is 0 Å². The Morgan fingerprint density at radius 3 is 2.58 bits per heavy atom. The molecule has 3 nitrogen and oxygen atoms in total. The number of rotatable bonds is 6. The summed E-state index contributed by atoms with van der Waals surface area (Å²) in [5.74, 6) is -0.304. The first-order chi connectivity index (χ1) is 9.03. The molecule has 0 saturated carbocycles. The average Bonchev–Trinajstić information content (AvgIpc) is 2.44. The number of methoxy groups -OCH3 is 1. The van der Waals surface area contributed by atoms with Crippen LogP contribution < -0.4 is 0 Å². The van der Waals surface area contributed by atoms with Crippen LogP contribution >= 0.6 is 15.9 Å². The molecule has 0 aliphatic rings. The zero-order chi connectivity index (χ0) is 14.4. The topological polar surface area (TPSA) is 29.5 Å². The van der Waals surface area contributed by atoms with Gasteiger partial charge in [0.1, 0.15) is 0 Å². The lowest BCUT2D eigenvalue weighted by Gasteiger charge is -2.27. The molecule has 0 saturated heterocycles. The molecule has 1 unspecified atom stereocenters. The Morgan fingerprint density at radius 2 is 2.11 bits per heavy atom. The fourth-order valence-corrected chi connectivity index (χ4v) is 2.48. The van der Waals surface area contributed by atoms with E-state index in [0.29, 0.717) is 11.6 Å². The summed E-state index contributed by atoms with van der Waals surface area (Å²) in [5.41, 5.74) is 1.76. The molecule has 1 aromatic carbocycles. The number of hydrogen-bond donors (Lipinski definition) is 0. The zero-order valence-corrected chi connectivity index (χ0v) is 13.7. The molecule has 0 N–H and O–H groups in total. The summed E-state index contributed by atoms with van der Waals surface area (Å²) in [5, 5.41) is 0. The van der Waals surface area contributed by atoms with E-state index in [1.165, 1.54) is 12.7 Å². The number of esters is 1. The normalized spacial score (nSPS) is 12.5. The van der Waals surface area contributed by atoms with Gasteiger partial charge in [0.05, 0.1) is 12.7 Å². The van der Waals surface area contributed by atoms with E-state index in [2.05, 4.69) is 41.6 Å². The standard InChI is InChI=1S/C15H22BrNO2/c1-5-11(3)17(6-2)10-13-8-7-12(9-14(13)16)15(18)19-4/h7-9,11H,5-6,10H2,1-4H3. The molecule has 0 heterocycles. The minimum absolute atomic E-state index is 0.304. The Morgan fingerprint density at radius 1 is 1.42 bits per heavy atom. The van der Waals surface area contributed by atoms with Crippen molar-refractivity contribution in [3.8, 4) is 0 Å². The average molecular weight is 328 g/mol. The van der Waals surface area contributed by atoms with E-state index < -0.39 is 0 Å². The van der Waals surface area contributed by atoms with Gasteiger partial charge in [0.2, 0.25) is 0 Å². The van der Waals surface area contributed by atoms with Gasteiger partial charge in [-0.05, 0) is 37.6 Å². The molecule has 106 valence electrons. The maximum absolute atomic E-state index is 11.5. The minimum atomic E-state index is -0.304. The number of halogens is 1. The van der Waals surface area contributed by atoms with Gasteiger partial charge in [-0.15, -0.1) is 0 Å². The predicted molar refractivity (Wildman–Crippen MR) is 81.3 cm³/mol. The third-order valence-electron chi connectivity index (χ3n) is 3.47. The number of carbonyl (C=O) groups excluding carboxylic acids is 1. The summed E-state index contributed by atoms with van der Waals surface area (Å²) in [6.45, 7) is 8.50. The summed E-state index contributed by atoms with van der Waals surface area (Å²) in [6.07, 6.45) is 1.13. The molecular weight excluding hydrogens is 306 g/mol. The Labute approximate surface area is 124 Å². The predicted octanol–water partition coefficient (Wildman–Crippen LogP) is 3.86. The second kappa shape index (κ2) is 7.65. The summed E-state index contributed by atoms with van der Waals surface area (Å²) in [6, 6.07) is 6.18. The highest BCUT2D eigenvalue weighted by molar-refractivity contribution is 9.10. The molecule has 1 atom stereocenters. The van der Waals surface area contributed by atoms with E-state index in [0.717, 1.165) is 24.0 Å². The molecule has 0 amide bonds. The van der Waals surface area contributed by atoms with Gasteiger partial charge in [0.25, 0.3) is 0 Å². The largest absolute Gasteiger partial charge is 0.465 e. The Kier molecular flexibility index (Phi) is 6.52. The van der Waals surface area contributed by atoms with Crippen LogP contribution in [-0.4, -0.2) is 30.6 Å². The van der Waals surface area contributed by atoms with Gasteiger partial charge in [-0.2, -0.15) is 0 Å². The van der Waals surface area contributed by atoms with Gasteiger partial charge >= 0.3 is 5.97 Å². The molecule has 1 rings (SSSR count). The van der Waals surface area contributed by atoms with Crippen molar-refractivity contribution in [1.82, 2.24) is 4.90 Å². The van der Waals surface area contributed by atoms with Crippen molar-refractivity contribution in [3.05, 3.63) is 33.8 Å². The summed E-state index contributed by atoms with van der Waals surface area (Å²) in [7, 11) is 1.39. The van der Waals surface area contributed by atoms with Crippen molar-refractivity contribution in [3.63, 3.8) is 0 Å². The first kappa shape index (κ1) is 16.2. The lowest BCUT2D eigenvalue weighted by atomic mass is 10.1. The molecule has 0 bridgehead atoms. The van der Waals surface area contributed by atoms with Gasteiger partial charge in [-0.25, -0.2) is 4.79 Å². The highest BCUT2D eigenvalue weighted by Gasteiger charge is 2.14. The van der Waals surface area contributed by atoms with Crippen LogP contribution in [0.2, 0.25) is 0 Å². The van der Waals surface area contributed by atoms with Crippen molar-refractivity contribution in [2.75, 3.05) is 13.7 Å². The third kappa shape index (κ3) is 4.32. The summed E-state index contributed by atoms with van der Waals surface area (Å²) in [4.78, 5) is 13.9. The van der Waals surface area contributed by atoms with Crippen LogP contribution in [0.1, 0.15) is 43.1 Å². The first-order valence-corrected chi connectivity index (χ1v) is 7.43. The van der Waals surface area contributed by atoms with E-state index in [4.69, 9.17) is 4.74 Å². The van der Waals surface area contributed by atoms with Gasteiger partial charge in [0.15, 0.2) is 0 Å². The summed E-state index contributed by atoms with van der Waals surface area (Å²) < 4.78 is 5.67. The van der Waals surface area contributed by atoms with E-state index in [1.807, 2.05) is 18.2 Å². The molecular formula is C15H22BrNO2. The first-order valence-electron chi connectivity index (χ1n) is 6.64. The van der Waals surface area contributed by atoms with Crippen molar-refractivity contribution >= 4 is 21.9 Å². The monoisotopic (exact) mass is 327 g/mol. The number of benzene rings is 1. The van der Waals surface area contributed by atoms with Gasteiger partial charge in [-0.1, -0.05) is 35.8 Å². The van der Waals surface area contributed by atoms with Crippen LogP contribution in [0.25, 0.3) is 0 Å². The zero-order valence-electron chi connectivity index (χ0n) is 12.1. The highest BCUT2D eigenvalue weighted by atomic mass is 79.9. The number of hydrogen-bond acceptors (Lipinski definition) is 3. The second-order valence-corrected chi connectivity index (χ2v) is 5.47. The van der Waals surface area contributed by atoms with Crippen molar-refractivity contribution in [2.45, 2.75) is 39.8 Å². The molecule has 19 heavy (non-hydrogen) atoms. The molecule has 0 aliphatic heterocycles.